The number of amides is 6. The van der Waals surface area contributed by atoms with Crippen molar-refractivity contribution in [3.8, 4) is 0 Å². The summed E-state index contributed by atoms with van der Waals surface area (Å²) in [5.74, 6) is -5.43. The van der Waals surface area contributed by atoms with E-state index in [1.54, 1.807) is 14.0 Å². The summed E-state index contributed by atoms with van der Waals surface area (Å²) in [7, 11) is 1.54. The molecule has 1 aliphatic carbocycles. The zero-order valence-corrected chi connectivity index (χ0v) is 31.8. The van der Waals surface area contributed by atoms with Crippen molar-refractivity contribution in [1.82, 2.24) is 31.5 Å². The lowest BCUT2D eigenvalue weighted by Gasteiger charge is -2.36. The highest BCUT2D eigenvalue weighted by atomic mass is 16.5. The maximum Gasteiger partial charge on any atom is 0.325 e. The fourth-order valence-corrected chi connectivity index (χ4v) is 6.72. The molecular formula is C36H64N8O8. The maximum atomic E-state index is 14.1. The van der Waals surface area contributed by atoms with Gasteiger partial charge in [-0.2, -0.15) is 0 Å². The van der Waals surface area contributed by atoms with Gasteiger partial charge in [-0.15, -0.1) is 0 Å². The molecule has 1 heterocycles. The molecule has 0 aromatic carbocycles. The summed E-state index contributed by atoms with van der Waals surface area (Å²) in [5.41, 5.74) is 11.4. The number of cyclic esters (lactones) is 1. The number of nitrogens with zero attached hydrogens (tertiary/aromatic N) is 1. The molecule has 2 aliphatic rings. The van der Waals surface area contributed by atoms with Crippen molar-refractivity contribution >= 4 is 41.4 Å². The number of hydrogen-bond acceptors (Lipinski definition) is 10. The van der Waals surface area contributed by atoms with Crippen molar-refractivity contribution in [2.75, 3.05) is 33.2 Å². The number of nitrogens with two attached hydrogens (primary N) is 2. The third kappa shape index (κ3) is 14.3. The predicted molar refractivity (Wildman–Crippen MR) is 195 cm³/mol. The molecule has 6 amide bonds. The number of carbonyl (C=O) groups is 7. The van der Waals surface area contributed by atoms with E-state index in [1.165, 1.54) is 4.90 Å². The number of carbonyl (C=O) groups excluding carboxylic acids is 7. The normalized spacial score (nSPS) is 26.7. The highest BCUT2D eigenvalue weighted by Crippen LogP contribution is 2.28. The highest BCUT2D eigenvalue weighted by Gasteiger charge is 2.39. The van der Waals surface area contributed by atoms with E-state index in [9.17, 15) is 33.6 Å². The van der Waals surface area contributed by atoms with Gasteiger partial charge in [0.05, 0.1) is 5.92 Å². The quantitative estimate of drug-likeness (QED) is 0.0983. The van der Waals surface area contributed by atoms with Gasteiger partial charge in [-0.1, -0.05) is 66.2 Å². The van der Waals surface area contributed by atoms with E-state index < -0.39 is 84.1 Å². The van der Waals surface area contributed by atoms with Crippen LogP contribution in [0.3, 0.4) is 0 Å². The first-order valence-electron chi connectivity index (χ1n) is 19.1. The number of likely N-dealkylation sites (N-methyl/N-ethyl adjacent to an activating group) is 1. The van der Waals surface area contributed by atoms with Gasteiger partial charge in [0.2, 0.25) is 35.4 Å². The largest absolute Gasteiger partial charge is 0.460 e. The first-order chi connectivity index (χ1) is 24.7. The molecule has 0 unspecified atom stereocenters. The highest BCUT2D eigenvalue weighted by molar-refractivity contribution is 5.96. The Morgan fingerprint density at radius 2 is 1.58 bits per heavy atom. The smallest absolute Gasteiger partial charge is 0.325 e. The number of rotatable bonds is 13. The molecule has 1 saturated heterocycles. The first-order valence-corrected chi connectivity index (χ1v) is 19.1. The molecule has 0 aromatic heterocycles. The van der Waals surface area contributed by atoms with Crippen molar-refractivity contribution in [1.29, 1.82) is 0 Å². The molecule has 1 saturated carbocycles. The second kappa shape index (κ2) is 23.0. The predicted octanol–water partition coefficient (Wildman–Crippen LogP) is -0.0340. The van der Waals surface area contributed by atoms with Gasteiger partial charge in [0.1, 0.15) is 36.8 Å². The van der Waals surface area contributed by atoms with E-state index in [0.29, 0.717) is 32.1 Å². The van der Waals surface area contributed by atoms with Gasteiger partial charge in [0, 0.05) is 33.1 Å². The molecule has 2 rings (SSSR count). The van der Waals surface area contributed by atoms with E-state index >= 15 is 0 Å². The van der Waals surface area contributed by atoms with Gasteiger partial charge < -0.3 is 47.7 Å². The number of hydrogen-bond donors (Lipinski definition) is 7. The standard InChI is InChI=1S/C36H64N8O8/c1-6-7-8-12-15-28-23(4)36(51)44(5)27(18-22(2)3)34(49)43-31(24-13-10-9-11-14-24)35(50)41-25(19-38)33(48)42-26(20-39-29(45)16-17-37)32(47)40-21-30(46)52-28/h22-28,31H,6-21,37-38H2,1-5H3,(H,39,45)(H,40,47)(H,41,50)(H,42,48)(H,43,49)/t23-,25+,26+,27+,28+,31+/m1/s1. The van der Waals surface area contributed by atoms with E-state index in [4.69, 9.17) is 16.2 Å². The molecule has 0 spiro atoms. The molecule has 1 aliphatic heterocycles. The van der Waals surface area contributed by atoms with E-state index in [-0.39, 0.29) is 37.9 Å². The van der Waals surface area contributed by atoms with Gasteiger partial charge >= 0.3 is 5.97 Å². The van der Waals surface area contributed by atoms with Crippen molar-refractivity contribution in [3.63, 3.8) is 0 Å². The van der Waals surface area contributed by atoms with Gasteiger partial charge in [-0.25, -0.2) is 0 Å². The van der Waals surface area contributed by atoms with Crippen LogP contribution in [0.1, 0.15) is 105 Å². The number of ether oxygens (including phenoxy) is 1. The Labute approximate surface area is 308 Å². The van der Waals surface area contributed by atoms with Crippen LogP contribution in [0.25, 0.3) is 0 Å². The molecule has 296 valence electrons. The molecule has 0 radical (unpaired) electrons. The lowest BCUT2D eigenvalue weighted by atomic mass is 9.83. The van der Waals surface area contributed by atoms with Crippen LogP contribution in [0.4, 0.5) is 0 Å². The minimum atomic E-state index is -1.36. The van der Waals surface area contributed by atoms with E-state index in [2.05, 4.69) is 33.5 Å². The molecule has 9 N–H and O–H groups in total. The van der Waals surface area contributed by atoms with E-state index in [1.807, 2.05) is 13.8 Å². The molecule has 0 aromatic rings. The fraction of sp³-hybridized carbons (Fsp3) is 0.806. The number of esters is 1. The van der Waals surface area contributed by atoms with Crippen molar-refractivity contribution in [2.24, 2.45) is 29.2 Å². The molecule has 52 heavy (non-hydrogen) atoms. The monoisotopic (exact) mass is 736 g/mol. The first kappa shape index (κ1) is 44.4. The second-order valence-electron chi connectivity index (χ2n) is 14.6. The molecule has 0 bridgehead atoms. The summed E-state index contributed by atoms with van der Waals surface area (Å²) >= 11 is 0. The maximum absolute atomic E-state index is 14.1. The zero-order valence-electron chi connectivity index (χ0n) is 31.8. The van der Waals surface area contributed by atoms with Crippen LogP contribution in [0.2, 0.25) is 0 Å². The van der Waals surface area contributed by atoms with Crippen molar-refractivity contribution in [3.05, 3.63) is 0 Å². The molecule has 6 atom stereocenters. The van der Waals surface area contributed by atoms with Crippen LogP contribution >= 0.6 is 0 Å². The summed E-state index contributed by atoms with van der Waals surface area (Å²) in [6.07, 6.45) is 7.39. The Bertz CT molecular complexity index is 1210. The SMILES string of the molecule is CCCCCC[C@@H]1OC(=O)CNC(=O)[C@H](CNC(=O)CCN)NC(=O)[C@H](CN)NC(=O)[C@H](C2CCCCC2)NC(=O)[C@H](CC(C)C)N(C)C(=O)[C@@H]1C. The van der Waals surface area contributed by atoms with Crippen LogP contribution < -0.4 is 38.1 Å². The Morgan fingerprint density at radius 3 is 2.19 bits per heavy atom. The number of nitrogens with one attached hydrogen (secondary N) is 5. The Hall–Kier alpha value is -3.79. The summed E-state index contributed by atoms with van der Waals surface area (Å²) in [5, 5.41) is 13.1. The van der Waals surface area contributed by atoms with Crippen molar-refractivity contribution < 1.29 is 38.3 Å². The average molecular weight is 737 g/mol. The molecule has 16 nitrogen and oxygen atoms in total. The lowest BCUT2D eigenvalue weighted by molar-refractivity contribution is -0.157. The third-order valence-electron chi connectivity index (χ3n) is 9.87. The minimum Gasteiger partial charge on any atom is -0.460 e. The topological polar surface area (TPSA) is 244 Å². The lowest BCUT2D eigenvalue weighted by Crippen LogP contribution is -2.62. The van der Waals surface area contributed by atoms with Crippen LogP contribution in [-0.4, -0.2) is 110 Å². The molecule has 16 heteroatoms. The third-order valence-corrected chi connectivity index (χ3v) is 9.87. The summed E-state index contributed by atoms with van der Waals surface area (Å²) in [4.78, 5) is 95.7. The zero-order chi connectivity index (χ0) is 38.8. The minimum absolute atomic E-state index is 0.00880. The average Bonchev–Trinajstić information content (AvgIpc) is 3.12. The summed E-state index contributed by atoms with van der Waals surface area (Å²) in [6, 6.07) is -4.62. The van der Waals surface area contributed by atoms with Crippen molar-refractivity contribution in [2.45, 2.75) is 135 Å². The Morgan fingerprint density at radius 1 is 0.904 bits per heavy atom. The van der Waals surface area contributed by atoms with Gasteiger partial charge in [0.25, 0.3) is 0 Å². The van der Waals surface area contributed by atoms with E-state index in [0.717, 1.165) is 38.5 Å². The Kier molecular flexibility index (Phi) is 19.6. The Balaban J connectivity index is 2.57. The second-order valence-corrected chi connectivity index (χ2v) is 14.6. The van der Waals surface area contributed by atoms with Gasteiger partial charge in [-0.05, 0) is 43.9 Å². The van der Waals surface area contributed by atoms with Crippen LogP contribution in [0.15, 0.2) is 0 Å². The van der Waals surface area contributed by atoms with Crippen LogP contribution in [0, 0.1) is 17.8 Å². The van der Waals surface area contributed by atoms with Gasteiger partial charge in [-0.3, -0.25) is 33.6 Å². The fourth-order valence-electron chi connectivity index (χ4n) is 6.72. The van der Waals surface area contributed by atoms with Crippen LogP contribution in [0.5, 0.6) is 0 Å². The number of unbranched alkanes of at least 4 members (excludes halogenated alkanes) is 3. The summed E-state index contributed by atoms with van der Waals surface area (Å²) in [6.45, 7) is 6.40. The molecule has 2 fully saturated rings. The summed E-state index contributed by atoms with van der Waals surface area (Å²) < 4.78 is 5.81. The molecular weight excluding hydrogens is 672 g/mol. The van der Waals surface area contributed by atoms with Gasteiger partial charge in [0.15, 0.2) is 0 Å². The van der Waals surface area contributed by atoms with Crippen LogP contribution in [-0.2, 0) is 38.3 Å².